The summed E-state index contributed by atoms with van der Waals surface area (Å²) in [5.74, 6) is 0.145. The minimum absolute atomic E-state index is 0.145. The van der Waals surface area contributed by atoms with E-state index in [-0.39, 0.29) is 10.8 Å². The van der Waals surface area contributed by atoms with Crippen molar-refractivity contribution < 1.29 is 13.2 Å². The number of ether oxygens (including phenoxy) is 1. The van der Waals surface area contributed by atoms with Gasteiger partial charge in [-0.3, -0.25) is 4.98 Å². The molecule has 1 aliphatic rings. The molecule has 5 nitrogen and oxygen atoms in total. The van der Waals surface area contributed by atoms with Crippen molar-refractivity contribution in [1.82, 2.24) is 9.29 Å². The van der Waals surface area contributed by atoms with E-state index in [9.17, 15) is 8.42 Å². The zero-order valence-electron chi connectivity index (χ0n) is 12.8. The van der Waals surface area contributed by atoms with Crippen LogP contribution in [0.1, 0.15) is 5.56 Å². The van der Waals surface area contributed by atoms with Crippen LogP contribution < -0.4 is 0 Å². The van der Waals surface area contributed by atoms with Crippen LogP contribution in [0.3, 0.4) is 0 Å². The molecule has 3 rings (SSSR count). The van der Waals surface area contributed by atoms with Gasteiger partial charge in [-0.05, 0) is 24.1 Å². The largest absolute Gasteiger partial charge is 0.380 e. The standard InChI is InChI=1S/C17H20N2O3S/c20-23(21,17-7-4-8-18-12-17)19-9-10-22-14-16(13-19)11-15-5-2-1-3-6-15/h1-8,12,16H,9-11,13-14H2. The molecule has 0 N–H and O–H groups in total. The predicted molar refractivity (Wildman–Crippen MR) is 87.5 cm³/mol. The summed E-state index contributed by atoms with van der Waals surface area (Å²) >= 11 is 0. The normalized spacial score (nSPS) is 20.1. The lowest BCUT2D eigenvalue weighted by Gasteiger charge is -2.23. The van der Waals surface area contributed by atoms with Crippen molar-refractivity contribution in [3.63, 3.8) is 0 Å². The van der Waals surface area contributed by atoms with Crippen molar-refractivity contribution in [2.24, 2.45) is 5.92 Å². The minimum Gasteiger partial charge on any atom is -0.380 e. The van der Waals surface area contributed by atoms with Gasteiger partial charge in [0, 0.05) is 31.4 Å². The number of benzene rings is 1. The molecule has 122 valence electrons. The van der Waals surface area contributed by atoms with Gasteiger partial charge in [-0.25, -0.2) is 8.42 Å². The highest BCUT2D eigenvalue weighted by Crippen LogP contribution is 2.20. The zero-order chi connectivity index (χ0) is 16.1. The Morgan fingerprint density at radius 1 is 1.17 bits per heavy atom. The molecule has 0 bridgehead atoms. The molecule has 2 aromatic rings. The summed E-state index contributed by atoms with van der Waals surface area (Å²) in [6.45, 7) is 1.84. The van der Waals surface area contributed by atoms with Gasteiger partial charge >= 0.3 is 0 Å². The van der Waals surface area contributed by atoms with Gasteiger partial charge in [0.2, 0.25) is 10.0 Å². The third kappa shape index (κ3) is 3.96. The summed E-state index contributed by atoms with van der Waals surface area (Å²) in [5.41, 5.74) is 1.20. The van der Waals surface area contributed by atoms with Crippen LogP contribution in [0.15, 0.2) is 59.8 Å². The van der Waals surface area contributed by atoms with Crippen LogP contribution in [0.2, 0.25) is 0 Å². The average Bonchev–Trinajstić information content (AvgIpc) is 2.83. The lowest BCUT2D eigenvalue weighted by molar-refractivity contribution is 0.123. The fourth-order valence-corrected chi connectivity index (χ4v) is 4.25. The van der Waals surface area contributed by atoms with E-state index < -0.39 is 10.0 Å². The maximum Gasteiger partial charge on any atom is 0.244 e. The van der Waals surface area contributed by atoms with E-state index in [4.69, 9.17) is 4.74 Å². The first-order valence-corrected chi connectivity index (χ1v) is 9.12. The Morgan fingerprint density at radius 3 is 2.74 bits per heavy atom. The Balaban J connectivity index is 1.77. The fraction of sp³-hybridized carbons (Fsp3) is 0.353. The minimum atomic E-state index is -3.52. The second kappa shape index (κ2) is 7.21. The molecular formula is C17H20N2O3S. The van der Waals surface area contributed by atoms with Crippen molar-refractivity contribution in [3.8, 4) is 0 Å². The van der Waals surface area contributed by atoms with Gasteiger partial charge < -0.3 is 4.74 Å². The zero-order valence-corrected chi connectivity index (χ0v) is 13.7. The van der Waals surface area contributed by atoms with E-state index in [2.05, 4.69) is 17.1 Å². The Labute approximate surface area is 137 Å². The van der Waals surface area contributed by atoms with Crippen molar-refractivity contribution in [1.29, 1.82) is 0 Å². The molecule has 1 unspecified atom stereocenters. The summed E-state index contributed by atoms with van der Waals surface area (Å²) < 4.78 is 32.7. The number of nitrogens with zero attached hydrogens (tertiary/aromatic N) is 2. The van der Waals surface area contributed by atoms with E-state index in [1.165, 1.54) is 16.1 Å². The molecule has 1 aromatic heterocycles. The van der Waals surface area contributed by atoms with Crippen LogP contribution in [0.25, 0.3) is 0 Å². The van der Waals surface area contributed by atoms with E-state index in [1.807, 2.05) is 18.2 Å². The van der Waals surface area contributed by atoms with E-state index in [0.717, 1.165) is 6.42 Å². The molecule has 0 spiro atoms. The van der Waals surface area contributed by atoms with Crippen LogP contribution in [0, 0.1) is 5.92 Å². The van der Waals surface area contributed by atoms with E-state index >= 15 is 0 Å². The third-order valence-corrected chi connectivity index (χ3v) is 5.79. The van der Waals surface area contributed by atoms with Gasteiger partial charge in [0.1, 0.15) is 4.90 Å². The number of aromatic nitrogens is 1. The van der Waals surface area contributed by atoms with Crippen LogP contribution >= 0.6 is 0 Å². The lowest BCUT2D eigenvalue weighted by Crippen LogP contribution is -2.36. The van der Waals surface area contributed by atoms with Gasteiger partial charge in [-0.1, -0.05) is 30.3 Å². The molecule has 23 heavy (non-hydrogen) atoms. The van der Waals surface area contributed by atoms with Crippen LogP contribution in [-0.4, -0.2) is 44.0 Å². The number of sulfonamides is 1. The lowest BCUT2D eigenvalue weighted by atomic mass is 10.0. The molecule has 0 amide bonds. The number of pyridine rings is 1. The number of hydrogen-bond donors (Lipinski definition) is 0. The molecule has 0 aliphatic carbocycles. The highest BCUT2D eigenvalue weighted by atomic mass is 32.2. The number of rotatable bonds is 4. The summed E-state index contributed by atoms with van der Waals surface area (Å²) in [6, 6.07) is 13.3. The van der Waals surface area contributed by atoms with Crippen molar-refractivity contribution in [2.45, 2.75) is 11.3 Å². The summed E-state index contributed by atoms with van der Waals surface area (Å²) in [4.78, 5) is 4.16. The quantitative estimate of drug-likeness (QED) is 0.859. The molecule has 0 radical (unpaired) electrons. The van der Waals surface area contributed by atoms with Gasteiger partial charge in [0.05, 0.1) is 13.2 Å². The molecule has 2 heterocycles. The molecular weight excluding hydrogens is 312 g/mol. The Kier molecular flexibility index (Phi) is 5.05. The molecule has 1 aromatic carbocycles. The third-order valence-electron chi connectivity index (χ3n) is 3.94. The van der Waals surface area contributed by atoms with Gasteiger partial charge in [0.15, 0.2) is 0 Å². The highest BCUT2D eigenvalue weighted by Gasteiger charge is 2.29. The van der Waals surface area contributed by atoms with E-state index in [0.29, 0.717) is 26.3 Å². The van der Waals surface area contributed by atoms with E-state index in [1.54, 1.807) is 18.3 Å². The predicted octanol–water partition coefficient (Wildman–Crippen LogP) is 1.96. The monoisotopic (exact) mass is 332 g/mol. The first-order chi connectivity index (χ1) is 11.2. The Morgan fingerprint density at radius 2 is 2.00 bits per heavy atom. The molecule has 1 atom stereocenters. The summed E-state index contributed by atoms with van der Waals surface area (Å²) in [7, 11) is -3.52. The number of hydrogen-bond acceptors (Lipinski definition) is 4. The smallest absolute Gasteiger partial charge is 0.244 e. The molecule has 1 aliphatic heterocycles. The fourth-order valence-electron chi connectivity index (χ4n) is 2.79. The highest BCUT2D eigenvalue weighted by molar-refractivity contribution is 7.89. The second-order valence-electron chi connectivity index (χ2n) is 5.68. The maximum atomic E-state index is 12.8. The van der Waals surface area contributed by atoms with Crippen LogP contribution in [-0.2, 0) is 21.2 Å². The van der Waals surface area contributed by atoms with Crippen molar-refractivity contribution >= 4 is 10.0 Å². The topological polar surface area (TPSA) is 59.5 Å². The first-order valence-electron chi connectivity index (χ1n) is 7.68. The Hall–Kier alpha value is -1.76. The van der Waals surface area contributed by atoms with Crippen molar-refractivity contribution in [2.75, 3.05) is 26.3 Å². The molecule has 1 saturated heterocycles. The average molecular weight is 332 g/mol. The first kappa shape index (κ1) is 16.1. The van der Waals surface area contributed by atoms with Crippen molar-refractivity contribution in [3.05, 3.63) is 60.4 Å². The SMILES string of the molecule is O=S(=O)(c1cccnc1)N1CCOCC(Cc2ccccc2)C1. The summed E-state index contributed by atoms with van der Waals surface area (Å²) in [6.07, 6.45) is 3.77. The van der Waals surface area contributed by atoms with Gasteiger partial charge in [-0.2, -0.15) is 4.31 Å². The molecule has 1 fully saturated rings. The molecule has 0 saturated carbocycles. The van der Waals surface area contributed by atoms with Crippen LogP contribution in [0.4, 0.5) is 0 Å². The van der Waals surface area contributed by atoms with Gasteiger partial charge in [0.25, 0.3) is 0 Å². The maximum absolute atomic E-state index is 12.8. The summed E-state index contributed by atoms with van der Waals surface area (Å²) in [5, 5.41) is 0. The Bertz CT molecular complexity index is 720. The van der Waals surface area contributed by atoms with Crippen LogP contribution in [0.5, 0.6) is 0 Å². The molecule has 6 heteroatoms. The second-order valence-corrected chi connectivity index (χ2v) is 7.62. The van der Waals surface area contributed by atoms with Gasteiger partial charge in [-0.15, -0.1) is 0 Å².